The van der Waals surface area contributed by atoms with Gasteiger partial charge in [0.15, 0.2) is 0 Å². The molecule has 0 bridgehead atoms. The van der Waals surface area contributed by atoms with Crippen LogP contribution in [-0.4, -0.2) is 9.55 Å². The van der Waals surface area contributed by atoms with Crippen LogP contribution in [0.1, 0.15) is 6.92 Å². The highest BCUT2D eigenvalue weighted by Crippen LogP contribution is 2.20. The van der Waals surface area contributed by atoms with E-state index in [-0.39, 0.29) is 5.82 Å². The Hall–Kier alpha value is -1.09. The molecule has 2 rings (SSSR count). The van der Waals surface area contributed by atoms with Gasteiger partial charge in [0, 0.05) is 6.54 Å². The first kappa shape index (κ1) is 8.51. The van der Waals surface area contributed by atoms with Crippen LogP contribution >= 0.6 is 11.6 Å². The maximum atomic E-state index is 12.9. The lowest BCUT2D eigenvalue weighted by Gasteiger charge is -1.99. The number of hydrogen-bond acceptors (Lipinski definition) is 1. The summed E-state index contributed by atoms with van der Waals surface area (Å²) in [6, 6.07) is 4.45. The highest BCUT2D eigenvalue weighted by Gasteiger charge is 2.07. The van der Waals surface area contributed by atoms with Crippen LogP contribution in [0.2, 0.25) is 5.28 Å². The van der Waals surface area contributed by atoms with E-state index >= 15 is 0 Å². The zero-order chi connectivity index (χ0) is 9.42. The van der Waals surface area contributed by atoms with Gasteiger partial charge in [0.2, 0.25) is 5.28 Å². The van der Waals surface area contributed by atoms with Crippen molar-refractivity contribution in [2.75, 3.05) is 0 Å². The van der Waals surface area contributed by atoms with Crippen molar-refractivity contribution in [2.24, 2.45) is 0 Å². The molecular weight excluding hydrogens is 191 g/mol. The maximum absolute atomic E-state index is 12.9. The SMILES string of the molecule is CCn1c(Cl)nc2ccc(F)cc21. The number of rotatable bonds is 1. The molecule has 0 atom stereocenters. The molecule has 0 saturated carbocycles. The average molecular weight is 199 g/mol. The Morgan fingerprint density at radius 3 is 3.00 bits per heavy atom. The largest absolute Gasteiger partial charge is 0.315 e. The van der Waals surface area contributed by atoms with Crippen LogP contribution < -0.4 is 0 Å². The van der Waals surface area contributed by atoms with Crippen molar-refractivity contribution in [2.45, 2.75) is 13.5 Å². The first-order valence-electron chi connectivity index (χ1n) is 4.03. The van der Waals surface area contributed by atoms with Crippen LogP contribution in [0.5, 0.6) is 0 Å². The molecule has 13 heavy (non-hydrogen) atoms. The Bertz CT molecular complexity index is 450. The average Bonchev–Trinajstić information content (AvgIpc) is 2.40. The molecule has 0 saturated heterocycles. The Balaban J connectivity index is 2.80. The minimum atomic E-state index is -0.265. The minimum absolute atomic E-state index is 0.265. The molecule has 1 aromatic carbocycles. The number of aromatic nitrogens is 2. The van der Waals surface area contributed by atoms with E-state index in [1.54, 1.807) is 10.6 Å². The number of hydrogen-bond donors (Lipinski definition) is 0. The van der Waals surface area contributed by atoms with Crippen LogP contribution in [0.25, 0.3) is 11.0 Å². The number of benzene rings is 1. The van der Waals surface area contributed by atoms with Crippen molar-refractivity contribution >= 4 is 22.6 Å². The quantitative estimate of drug-likeness (QED) is 0.689. The second-order valence-electron chi connectivity index (χ2n) is 2.76. The van der Waals surface area contributed by atoms with Crippen LogP contribution in [-0.2, 0) is 6.54 Å². The third-order valence-electron chi connectivity index (χ3n) is 1.98. The molecule has 68 valence electrons. The normalized spacial score (nSPS) is 11.0. The summed E-state index contributed by atoms with van der Waals surface area (Å²) < 4.78 is 14.6. The van der Waals surface area contributed by atoms with E-state index in [4.69, 9.17) is 11.6 Å². The lowest BCUT2D eigenvalue weighted by Crippen LogP contribution is -1.93. The molecule has 0 amide bonds. The van der Waals surface area contributed by atoms with Crippen molar-refractivity contribution < 1.29 is 4.39 Å². The Morgan fingerprint density at radius 2 is 2.31 bits per heavy atom. The van der Waals surface area contributed by atoms with Gasteiger partial charge in [-0.25, -0.2) is 9.37 Å². The fraction of sp³-hybridized carbons (Fsp3) is 0.222. The van der Waals surface area contributed by atoms with Crippen molar-refractivity contribution in [3.8, 4) is 0 Å². The minimum Gasteiger partial charge on any atom is -0.315 e. The van der Waals surface area contributed by atoms with Crippen molar-refractivity contribution in [3.05, 3.63) is 29.3 Å². The molecule has 0 spiro atoms. The summed E-state index contributed by atoms with van der Waals surface area (Å²) in [6.07, 6.45) is 0. The van der Waals surface area contributed by atoms with E-state index in [9.17, 15) is 4.39 Å². The lowest BCUT2D eigenvalue weighted by atomic mass is 10.3. The van der Waals surface area contributed by atoms with Gasteiger partial charge >= 0.3 is 0 Å². The Morgan fingerprint density at radius 1 is 1.54 bits per heavy atom. The summed E-state index contributed by atoms with van der Waals surface area (Å²) in [5.74, 6) is -0.265. The van der Waals surface area contributed by atoms with Crippen LogP contribution in [0, 0.1) is 5.82 Å². The van der Waals surface area contributed by atoms with E-state index in [1.807, 2.05) is 6.92 Å². The van der Waals surface area contributed by atoms with E-state index < -0.39 is 0 Å². The number of aryl methyl sites for hydroxylation is 1. The summed E-state index contributed by atoms with van der Waals surface area (Å²) in [4.78, 5) is 4.09. The van der Waals surface area contributed by atoms with Crippen molar-refractivity contribution in [1.82, 2.24) is 9.55 Å². The van der Waals surface area contributed by atoms with Gasteiger partial charge in [0.05, 0.1) is 11.0 Å². The molecule has 2 aromatic rings. The summed E-state index contributed by atoms with van der Waals surface area (Å²) in [6.45, 7) is 2.64. The summed E-state index contributed by atoms with van der Waals surface area (Å²) in [7, 11) is 0. The van der Waals surface area contributed by atoms with Gasteiger partial charge < -0.3 is 4.57 Å². The Labute approximate surface area is 80.0 Å². The van der Waals surface area contributed by atoms with Gasteiger partial charge in [0.1, 0.15) is 5.82 Å². The maximum Gasteiger partial charge on any atom is 0.203 e. The summed E-state index contributed by atoms with van der Waals surface area (Å²) in [5.41, 5.74) is 1.47. The second-order valence-corrected chi connectivity index (χ2v) is 3.10. The third-order valence-corrected chi connectivity index (χ3v) is 2.27. The van der Waals surface area contributed by atoms with E-state index in [0.29, 0.717) is 11.8 Å². The summed E-state index contributed by atoms with van der Waals surface area (Å²) in [5, 5.41) is 0.406. The van der Waals surface area contributed by atoms with E-state index in [1.165, 1.54) is 12.1 Å². The lowest BCUT2D eigenvalue weighted by molar-refractivity contribution is 0.628. The third kappa shape index (κ3) is 1.29. The van der Waals surface area contributed by atoms with Crippen LogP contribution in [0.4, 0.5) is 4.39 Å². The van der Waals surface area contributed by atoms with Crippen LogP contribution in [0.15, 0.2) is 18.2 Å². The summed E-state index contributed by atoms with van der Waals surface area (Å²) >= 11 is 5.85. The molecule has 0 aliphatic heterocycles. The molecule has 0 aliphatic rings. The van der Waals surface area contributed by atoms with Crippen molar-refractivity contribution in [1.29, 1.82) is 0 Å². The monoisotopic (exact) mass is 198 g/mol. The first-order chi connectivity index (χ1) is 6.22. The predicted molar refractivity (Wildman–Crippen MR) is 50.4 cm³/mol. The van der Waals surface area contributed by atoms with Gasteiger partial charge in [-0.15, -0.1) is 0 Å². The molecule has 1 aromatic heterocycles. The number of halogens is 2. The highest BCUT2D eigenvalue weighted by molar-refractivity contribution is 6.29. The van der Waals surface area contributed by atoms with Gasteiger partial charge in [-0.1, -0.05) is 0 Å². The number of imidazole rings is 1. The topological polar surface area (TPSA) is 17.8 Å². The van der Waals surface area contributed by atoms with Gasteiger partial charge in [-0.2, -0.15) is 0 Å². The molecular formula is C9H8ClFN2. The van der Waals surface area contributed by atoms with E-state index in [0.717, 1.165) is 11.0 Å². The molecule has 0 fully saturated rings. The molecule has 1 heterocycles. The molecule has 2 nitrogen and oxygen atoms in total. The van der Waals surface area contributed by atoms with Gasteiger partial charge in [0.25, 0.3) is 0 Å². The Kier molecular flexibility index (Phi) is 1.96. The van der Waals surface area contributed by atoms with Gasteiger partial charge in [-0.05, 0) is 36.7 Å². The number of nitrogens with zero attached hydrogens (tertiary/aromatic N) is 2. The molecule has 0 radical (unpaired) electrons. The van der Waals surface area contributed by atoms with Gasteiger partial charge in [-0.3, -0.25) is 0 Å². The van der Waals surface area contributed by atoms with Crippen molar-refractivity contribution in [3.63, 3.8) is 0 Å². The fourth-order valence-corrected chi connectivity index (χ4v) is 1.67. The second kappa shape index (κ2) is 3.00. The molecule has 0 N–H and O–H groups in total. The smallest absolute Gasteiger partial charge is 0.203 e. The van der Waals surface area contributed by atoms with Crippen LogP contribution in [0.3, 0.4) is 0 Å². The molecule has 4 heteroatoms. The zero-order valence-corrected chi connectivity index (χ0v) is 7.85. The zero-order valence-electron chi connectivity index (χ0n) is 7.09. The predicted octanol–water partition coefficient (Wildman–Crippen LogP) is 2.85. The first-order valence-corrected chi connectivity index (χ1v) is 4.41. The molecule has 0 aliphatic carbocycles. The van der Waals surface area contributed by atoms with E-state index in [2.05, 4.69) is 4.98 Å². The fourth-order valence-electron chi connectivity index (χ4n) is 1.37. The number of fused-ring (bicyclic) bond motifs is 1. The molecule has 0 unspecified atom stereocenters. The highest BCUT2D eigenvalue weighted by atomic mass is 35.5. The standard InChI is InChI=1S/C9H8ClFN2/c1-2-13-8-5-6(11)3-4-7(8)12-9(13)10/h3-5H,2H2,1H3.